The molecule has 1 spiro atoms. The second kappa shape index (κ2) is 6.89. The van der Waals surface area contributed by atoms with E-state index >= 15 is 0 Å². The quantitative estimate of drug-likeness (QED) is 0.807. The molecule has 0 radical (unpaired) electrons. The molecule has 1 amide bonds. The van der Waals surface area contributed by atoms with Crippen LogP contribution in [0.1, 0.15) is 31.2 Å². The topological polar surface area (TPSA) is 45.7 Å². The Kier molecular flexibility index (Phi) is 4.73. The third kappa shape index (κ3) is 3.25. The number of hydrogen-bond donors (Lipinski definition) is 0. The van der Waals surface area contributed by atoms with E-state index in [0.717, 1.165) is 31.5 Å². The smallest absolute Gasteiger partial charge is 0.260 e. The third-order valence-electron chi connectivity index (χ3n) is 6.50. The van der Waals surface area contributed by atoms with Crippen molar-refractivity contribution in [2.24, 2.45) is 11.3 Å². The zero-order valence-corrected chi connectivity index (χ0v) is 15.5. The zero-order chi connectivity index (χ0) is 18.2. The van der Waals surface area contributed by atoms with E-state index in [0.29, 0.717) is 45.1 Å². The molecule has 3 heterocycles. The lowest BCUT2D eigenvalue weighted by atomic mass is 9.77. The Hall–Kier alpha value is -1.53. The molecule has 3 aliphatic rings. The summed E-state index contributed by atoms with van der Waals surface area (Å²) in [5, 5.41) is 0. The van der Waals surface area contributed by atoms with E-state index in [9.17, 15) is 9.18 Å². The Bertz CT molecular complexity index is 652. The van der Waals surface area contributed by atoms with Crippen LogP contribution in [0.15, 0.2) is 24.5 Å². The number of amides is 1. The van der Waals surface area contributed by atoms with Gasteiger partial charge in [0.15, 0.2) is 5.67 Å². The average Bonchev–Trinajstić information content (AvgIpc) is 3.17. The van der Waals surface area contributed by atoms with Gasteiger partial charge < -0.3 is 14.5 Å². The Morgan fingerprint density at radius 1 is 1.38 bits per heavy atom. The molecule has 1 aromatic heterocycles. The summed E-state index contributed by atoms with van der Waals surface area (Å²) in [5.41, 5.74) is -0.470. The first kappa shape index (κ1) is 17.9. The second-order valence-corrected chi connectivity index (χ2v) is 8.43. The standard InChI is InChI=1S/C20H28FN3O2/c1-23-11-17(13-26-12-16-4-2-8-22-10-16)19(14-23)7-9-24(15-19)18(25)20(21)5-3-6-20/h2,4,8,10,17H,3,5-7,9,11-15H2,1H3/t17-,19-/m1/s1. The number of halogens is 1. The number of carbonyl (C=O) groups is 1. The minimum atomic E-state index is -1.58. The van der Waals surface area contributed by atoms with Crippen molar-refractivity contribution in [1.82, 2.24) is 14.8 Å². The van der Waals surface area contributed by atoms with Crippen LogP contribution < -0.4 is 0 Å². The van der Waals surface area contributed by atoms with Gasteiger partial charge in [0.05, 0.1) is 13.2 Å². The van der Waals surface area contributed by atoms with Crippen LogP contribution in [0, 0.1) is 11.3 Å². The summed E-state index contributed by atoms with van der Waals surface area (Å²) >= 11 is 0. The maximum Gasteiger partial charge on any atom is 0.260 e. The van der Waals surface area contributed by atoms with E-state index in [1.54, 1.807) is 11.1 Å². The molecule has 4 rings (SSSR count). The second-order valence-electron chi connectivity index (χ2n) is 8.43. The first-order chi connectivity index (χ1) is 12.5. The van der Waals surface area contributed by atoms with E-state index in [4.69, 9.17) is 4.74 Å². The summed E-state index contributed by atoms with van der Waals surface area (Å²) in [7, 11) is 2.12. The predicted molar refractivity (Wildman–Crippen MR) is 96.2 cm³/mol. The van der Waals surface area contributed by atoms with Crippen molar-refractivity contribution in [2.75, 3.05) is 39.8 Å². The number of hydrogen-bond acceptors (Lipinski definition) is 4. The van der Waals surface area contributed by atoms with E-state index in [2.05, 4.69) is 16.9 Å². The summed E-state index contributed by atoms with van der Waals surface area (Å²) in [6.45, 7) is 4.50. The van der Waals surface area contributed by atoms with E-state index in [1.807, 2.05) is 18.3 Å². The minimum absolute atomic E-state index is 0.0411. The van der Waals surface area contributed by atoms with Crippen LogP contribution in [-0.4, -0.2) is 66.2 Å². The van der Waals surface area contributed by atoms with Gasteiger partial charge in [0.2, 0.25) is 0 Å². The molecule has 3 fully saturated rings. The molecule has 1 aliphatic carbocycles. The van der Waals surface area contributed by atoms with Crippen LogP contribution >= 0.6 is 0 Å². The van der Waals surface area contributed by atoms with Gasteiger partial charge in [-0.3, -0.25) is 9.78 Å². The third-order valence-corrected chi connectivity index (χ3v) is 6.50. The molecule has 142 valence electrons. The van der Waals surface area contributed by atoms with Gasteiger partial charge in [-0.25, -0.2) is 4.39 Å². The first-order valence-corrected chi connectivity index (χ1v) is 9.64. The van der Waals surface area contributed by atoms with Gasteiger partial charge in [0.25, 0.3) is 5.91 Å². The molecule has 2 saturated heterocycles. The number of likely N-dealkylation sites (tertiary alicyclic amines) is 2. The molecule has 6 heteroatoms. The number of aromatic nitrogens is 1. The van der Waals surface area contributed by atoms with Gasteiger partial charge in [-0.05, 0) is 44.4 Å². The summed E-state index contributed by atoms with van der Waals surface area (Å²) in [6, 6.07) is 3.93. The summed E-state index contributed by atoms with van der Waals surface area (Å²) in [6.07, 6.45) is 6.15. The minimum Gasteiger partial charge on any atom is -0.376 e. The first-order valence-electron chi connectivity index (χ1n) is 9.64. The molecule has 5 nitrogen and oxygen atoms in total. The van der Waals surface area contributed by atoms with Crippen molar-refractivity contribution >= 4 is 5.91 Å². The number of pyridine rings is 1. The normalized spacial score (nSPS) is 30.7. The van der Waals surface area contributed by atoms with Crippen LogP contribution in [-0.2, 0) is 16.1 Å². The molecule has 2 atom stereocenters. The van der Waals surface area contributed by atoms with Crippen LogP contribution in [0.2, 0.25) is 0 Å². The van der Waals surface area contributed by atoms with E-state index in [1.165, 1.54) is 0 Å². The molecule has 0 unspecified atom stereocenters. The van der Waals surface area contributed by atoms with Crippen molar-refractivity contribution in [1.29, 1.82) is 0 Å². The molecule has 0 aromatic carbocycles. The zero-order valence-electron chi connectivity index (χ0n) is 15.5. The van der Waals surface area contributed by atoms with Gasteiger partial charge >= 0.3 is 0 Å². The number of nitrogens with zero attached hydrogens (tertiary/aromatic N) is 3. The number of alkyl halides is 1. The van der Waals surface area contributed by atoms with Gasteiger partial charge in [-0.2, -0.15) is 0 Å². The maximum absolute atomic E-state index is 14.6. The highest BCUT2D eigenvalue weighted by Crippen LogP contribution is 2.46. The lowest BCUT2D eigenvalue weighted by Gasteiger charge is -2.37. The predicted octanol–water partition coefficient (Wildman–Crippen LogP) is 2.27. The van der Waals surface area contributed by atoms with Crippen molar-refractivity contribution < 1.29 is 13.9 Å². The molecule has 1 aromatic rings. The molecular formula is C20H28FN3O2. The van der Waals surface area contributed by atoms with Crippen molar-refractivity contribution in [2.45, 2.75) is 38.0 Å². The number of rotatable bonds is 5. The lowest BCUT2D eigenvalue weighted by molar-refractivity contribution is -0.149. The van der Waals surface area contributed by atoms with Crippen molar-refractivity contribution in [3.05, 3.63) is 30.1 Å². The maximum atomic E-state index is 14.6. The highest BCUT2D eigenvalue weighted by atomic mass is 19.1. The molecule has 1 saturated carbocycles. The van der Waals surface area contributed by atoms with Crippen LogP contribution in [0.5, 0.6) is 0 Å². The molecule has 0 bridgehead atoms. The molecule has 26 heavy (non-hydrogen) atoms. The highest BCUT2D eigenvalue weighted by Gasteiger charge is 2.54. The fourth-order valence-electron chi connectivity index (χ4n) is 4.85. The highest BCUT2D eigenvalue weighted by molar-refractivity contribution is 5.86. The van der Waals surface area contributed by atoms with Crippen molar-refractivity contribution in [3.63, 3.8) is 0 Å². The summed E-state index contributed by atoms with van der Waals surface area (Å²) < 4.78 is 20.5. The fraction of sp³-hybridized carbons (Fsp3) is 0.700. The Labute approximate surface area is 154 Å². The Morgan fingerprint density at radius 3 is 2.92 bits per heavy atom. The van der Waals surface area contributed by atoms with E-state index in [-0.39, 0.29) is 11.3 Å². The summed E-state index contributed by atoms with van der Waals surface area (Å²) in [5.74, 6) is 0.101. The van der Waals surface area contributed by atoms with Crippen LogP contribution in [0.3, 0.4) is 0 Å². The molecular weight excluding hydrogens is 333 g/mol. The molecule has 2 aliphatic heterocycles. The summed E-state index contributed by atoms with van der Waals surface area (Å²) in [4.78, 5) is 20.8. The SMILES string of the molecule is CN1C[C@H](COCc2cccnc2)[C@]2(CCN(C(=O)C3(F)CCC3)C2)C1. The van der Waals surface area contributed by atoms with Gasteiger partial charge in [-0.1, -0.05) is 6.07 Å². The van der Waals surface area contributed by atoms with Crippen LogP contribution in [0.25, 0.3) is 0 Å². The Morgan fingerprint density at radius 2 is 2.23 bits per heavy atom. The fourth-order valence-corrected chi connectivity index (χ4v) is 4.85. The number of ether oxygens (including phenoxy) is 1. The lowest BCUT2D eigenvalue weighted by Crippen LogP contribution is -2.50. The average molecular weight is 361 g/mol. The van der Waals surface area contributed by atoms with Gasteiger partial charge in [0.1, 0.15) is 0 Å². The van der Waals surface area contributed by atoms with Gasteiger partial charge in [0, 0.05) is 49.9 Å². The Balaban J connectivity index is 1.37. The van der Waals surface area contributed by atoms with E-state index < -0.39 is 5.67 Å². The largest absolute Gasteiger partial charge is 0.376 e. The monoisotopic (exact) mass is 361 g/mol. The van der Waals surface area contributed by atoms with Gasteiger partial charge in [-0.15, -0.1) is 0 Å². The van der Waals surface area contributed by atoms with Crippen LogP contribution in [0.4, 0.5) is 4.39 Å². The number of carbonyl (C=O) groups excluding carboxylic acids is 1. The van der Waals surface area contributed by atoms with Crippen molar-refractivity contribution in [3.8, 4) is 0 Å². The molecule has 0 N–H and O–H groups in total.